The van der Waals surface area contributed by atoms with Crippen LogP contribution in [0.5, 0.6) is 0 Å². The highest BCUT2D eigenvalue weighted by Gasteiger charge is 2.04. The summed E-state index contributed by atoms with van der Waals surface area (Å²) >= 11 is 0. The van der Waals surface area contributed by atoms with E-state index >= 15 is 0 Å². The van der Waals surface area contributed by atoms with Crippen LogP contribution >= 0.6 is 0 Å². The molecule has 4 aliphatic carbocycles. The third-order valence-corrected chi connectivity index (χ3v) is 6.23. The van der Waals surface area contributed by atoms with Crippen molar-refractivity contribution in [3.63, 3.8) is 0 Å². The second kappa shape index (κ2) is 24.3. The predicted octanol–water partition coefficient (Wildman–Crippen LogP) is 14.8. The van der Waals surface area contributed by atoms with Gasteiger partial charge in [-0.3, -0.25) is 19.9 Å². The van der Waals surface area contributed by atoms with E-state index in [1.54, 1.807) is 0 Å². The normalized spacial score (nSPS) is 13.1. The summed E-state index contributed by atoms with van der Waals surface area (Å²) in [4.78, 5) is 16.4. The minimum absolute atomic E-state index is 0.500. The van der Waals surface area contributed by atoms with E-state index in [1.807, 2.05) is 55.4 Å². The summed E-state index contributed by atoms with van der Waals surface area (Å²) in [5.74, 6) is 0. The highest BCUT2D eigenvalue weighted by Crippen LogP contribution is 2.18. The number of hydrogen-bond donors (Lipinski definition) is 0. The van der Waals surface area contributed by atoms with Crippen molar-refractivity contribution in [1.29, 1.82) is 0 Å². The minimum atomic E-state index is 0.500. The first kappa shape index (κ1) is 49.6. The number of nitrogens with zero attached hydrogens (tertiary/aromatic N) is 4. The molecule has 0 saturated heterocycles. The van der Waals surface area contributed by atoms with Crippen LogP contribution in [0.25, 0.3) is 24.3 Å². The molecule has 0 amide bonds. The number of aromatic nitrogens is 4. The molecule has 4 aromatic heterocycles. The van der Waals surface area contributed by atoms with Crippen LogP contribution in [0.2, 0.25) is 0 Å². The summed E-state index contributed by atoms with van der Waals surface area (Å²) in [6, 6.07) is 12.3. The maximum Gasteiger partial charge on any atom is 0.0661 e. The van der Waals surface area contributed by atoms with Gasteiger partial charge in [0, 0.05) is 43.6 Å². The molecule has 0 saturated carbocycles. The molecule has 0 aromatic carbocycles. The van der Waals surface area contributed by atoms with Crippen molar-refractivity contribution in [3.8, 4) is 0 Å². The van der Waals surface area contributed by atoms with E-state index in [2.05, 4.69) is 198 Å². The van der Waals surface area contributed by atoms with E-state index in [0.717, 1.165) is 31.4 Å². The maximum absolute atomic E-state index is 4.20. The van der Waals surface area contributed by atoms with E-state index in [1.165, 1.54) is 39.1 Å². The first-order valence-electron chi connectivity index (χ1n) is 20.3. The van der Waals surface area contributed by atoms with Gasteiger partial charge in [0.15, 0.2) is 0 Å². The van der Waals surface area contributed by atoms with Crippen molar-refractivity contribution in [1.82, 2.24) is 19.9 Å². The molecule has 0 N–H and O–H groups in total. The van der Waals surface area contributed by atoms with Gasteiger partial charge in [0.05, 0.1) is 11.4 Å². The van der Waals surface area contributed by atoms with Crippen molar-refractivity contribution in [2.75, 3.05) is 0 Å². The van der Waals surface area contributed by atoms with Crippen molar-refractivity contribution < 1.29 is 0 Å². The smallest absolute Gasteiger partial charge is 0.0661 e. The van der Waals surface area contributed by atoms with E-state index < -0.39 is 0 Å². The van der Waals surface area contributed by atoms with Gasteiger partial charge in [-0.15, -0.1) is 0 Å². The molecule has 8 rings (SSSR count). The zero-order valence-electron chi connectivity index (χ0n) is 38.2. The molecule has 0 radical (unpaired) electrons. The molecule has 4 aromatic rings. The molecule has 0 bridgehead atoms. The Morgan fingerprint density at radius 1 is 0.375 bits per heavy atom. The minimum Gasteiger partial charge on any atom is -0.264 e. The third kappa shape index (κ3) is 28.9. The molecule has 0 fully saturated rings. The second-order valence-corrected chi connectivity index (χ2v) is 20.7. The first-order chi connectivity index (χ1) is 25.9. The maximum atomic E-state index is 4.20. The van der Waals surface area contributed by atoms with Gasteiger partial charge in [-0.2, -0.15) is 0 Å². The van der Waals surface area contributed by atoms with Crippen LogP contribution in [0.1, 0.15) is 156 Å². The van der Waals surface area contributed by atoms with Crippen LogP contribution in [0.15, 0.2) is 97.9 Å². The molecule has 304 valence electrons. The molecular weight excluding hydrogens is 681 g/mol. The molecule has 4 heteroatoms. The third-order valence-electron chi connectivity index (χ3n) is 6.23. The van der Waals surface area contributed by atoms with Gasteiger partial charge in [0.25, 0.3) is 0 Å². The zero-order chi connectivity index (χ0) is 42.4. The quantitative estimate of drug-likeness (QED) is 0.179. The van der Waals surface area contributed by atoms with Gasteiger partial charge in [0.1, 0.15) is 0 Å². The lowest BCUT2D eigenvalue weighted by Gasteiger charge is -2.05. The highest BCUT2D eigenvalue weighted by atomic mass is 14.7. The lowest BCUT2D eigenvalue weighted by atomic mass is 10.0. The molecule has 56 heavy (non-hydrogen) atoms. The summed E-state index contributed by atoms with van der Waals surface area (Å²) in [5.41, 5.74) is 12.3. The Balaban J connectivity index is 0.000000326. The Morgan fingerprint density at radius 2 is 0.821 bits per heavy atom. The van der Waals surface area contributed by atoms with Gasteiger partial charge >= 0.3 is 0 Å². The fourth-order valence-electron chi connectivity index (χ4n) is 4.31. The number of allylic oxidation sites excluding steroid dienone is 4. The van der Waals surface area contributed by atoms with Crippen LogP contribution in [-0.4, -0.2) is 19.9 Å². The fourth-order valence-corrected chi connectivity index (χ4v) is 4.31. The summed E-state index contributed by atoms with van der Waals surface area (Å²) in [5, 5.41) is 0. The number of hydrogen-bond acceptors (Lipinski definition) is 4. The largest absolute Gasteiger partial charge is 0.264 e. The van der Waals surface area contributed by atoms with Crippen molar-refractivity contribution in [2.45, 2.75) is 136 Å². The molecule has 0 unspecified atom stereocenters. The predicted molar refractivity (Wildman–Crippen MR) is 248 cm³/mol. The van der Waals surface area contributed by atoms with Crippen LogP contribution in [0.3, 0.4) is 0 Å². The van der Waals surface area contributed by atoms with Crippen molar-refractivity contribution in [3.05, 3.63) is 143 Å². The average Bonchev–Trinajstić information content (AvgIpc) is 3.89. The van der Waals surface area contributed by atoms with Crippen LogP contribution in [0.4, 0.5) is 0 Å². The van der Waals surface area contributed by atoms with E-state index in [9.17, 15) is 0 Å². The molecule has 4 nitrogen and oxygen atoms in total. The van der Waals surface area contributed by atoms with Crippen molar-refractivity contribution >= 4 is 24.3 Å². The fraction of sp³-hybridized carbons (Fsp3) is 0.462. The zero-order valence-corrected chi connectivity index (χ0v) is 38.2. The van der Waals surface area contributed by atoms with Gasteiger partial charge in [0.2, 0.25) is 0 Å². The number of fused-ring (bicyclic) bond motifs is 4. The Bertz CT molecular complexity index is 1520. The molecular formula is C52H76N4. The molecule has 0 spiro atoms. The van der Waals surface area contributed by atoms with Gasteiger partial charge in [-0.25, -0.2) is 0 Å². The lowest BCUT2D eigenvalue weighted by molar-refractivity contribution is 0.469. The first-order valence-corrected chi connectivity index (χ1v) is 20.3. The van der Waals surface area contributed by atoms with Gasteiger partial charge in [-0.05, 0) is 105 Å². The number of rotatable bonds is 0. The van der Waals surface area contributed by atoms with E-state index in [4.69, 9.17) is 0 Å². The SMILES string of the molecule is C1=Cc2cccnc2C1.C1=Cc2ccncc2C1.C1=Cc2cnccc2C1.C1=Cc2ncccc2C1.CC(C)(C)C.CC(C)(C)C.CC(C)(C)C.CC(C)(C)C. The van der Waals surface area contributed by atoms with Crippen molar-refractivity contribution in [2.24, 2.45) is 21.7 Å². The monoisotopic (exact) mass is 757 g/mol. The summed E-state index contributed by atoms with van der Waals surface area (Å²) in [6.07, 6.45) is 32.4. The van der Waals surface area contributed by atoms with Gasteiger partial charge in [-0.1, -0.05) is 165 Å². The van der Waals surface area contributed by atoms with Gasteiger partial charge < -0.3 is 0 Å². The second-order valence-electron chi connectivity index (χ2n) is 20.7. The highest BCUT2D eigenvalue weighted by molar-refractivity contribution is 5.59. The number of pyridine rings is 4. The molecule has 4 aliphatic rings. The molecule has 0 atom stereocenters. The summed E-state index contributed by atoms with van der Waals surface area (Å²) < 4.78 is 0. The average molecular weight is 757 g/mol. The topological polar surface area (TPSA) is 51.6 Å². The summed E-state index contributed by atoms with van der Waals surface area (Å²) in [7, 11) is 0. The van der Waals surface area contributed by atoms with Crippen LogP contribution in [0, 0.1) is 21.7 Å². The molecule has 4 heterocycles. The molecule has 0 aliphatic heterocycles. The van der Waals surface area contributed by atoms with Crippen LogP contribution in [-0.2, 0) is 25.7 Å². The van der Waals surface area contributed by atoms with E-state index in [0.29, 0.717) is 21.7 Å². The summed E-state index contributed by atoms with van der Waals surface area (Å²) in [6.45, 7) is 35.0. The van der Waals surface area contributed by atoms with E-state index in [-0.39, 0.29) is 0 Å². The Morgan fingerprint density at radius 3 is 1.38 bits per heavy atom. The standard InChI is InChI=1S/4C8H7N.4C5H12/c2*1-3-7-4-2-6-9-8(7)5-1;2*1-2-7-4-5-9-6-8(7)3-1;4*1-5(2,3)4/h1-2,4-6H,3H2;1-4,6H,5H2;1,3-6H,2H2;1-2,4-6H,3H2;4*1-4H3. The Kier molecular flexibility index (Phi) is 21.5. The Labute approximate surface area is 343 Å². The van der Waals surface area contributed by atoms with Crippen LogP contribution < -0.4 is 0 Å². The Hall–Kier alpha value is -4.44. The lowest BCUT2D eigenvalue weighted by Crippen LogP contribution is -1.93.